The number of aliphatic hydroxyl groups excluding tert-OH is 2. The lowest BCUT2D eigenvalue weighted by Crippen LogP contribution is -2.76. The number of ketones is 1. The molecular formula is C20H26O6. The first-order valence-corrected chi connectivity index (χ1v) is 9.69. The predicted molar refractivity (Wildman–Crippen MR) is 90.0 cm³/mol. The van der Waals surface area contributed by atoms with Gasteiger partial charge in [-0.15, -0.1) is 0 Å². The molecule has 0 aromatic carbocycles. The van der Waals surface area contributed by atoms with Gasteiger partial charge in [-0.05, 0) is 32.1 Å². The molecule has 3 aliphatic heterocycles. The number of Topliss-reactive ketones (excluding diaryl/α,β-unsaturated/α-hetero) is 1. The van der Waals surface area contributed by atoms with Gasteiger partial charge in [-0.2, -0.15) is 0 Å². The molecule has 3 aliphatic carbocycles. The third kappa shape index (κ3) is 1.44. The van der Waals surface area contributed by atoms with E-state index in [2.05, 4.69) is 0 Å². The number of allylic oxidation sites excluding steroid dienone is 1. The summed E-state index contributed by atoms with van der Waals surface area (Å²) in [5.74, 6) is -2.04. The third-order valence-corrected chi connectivity index (χ3v) is 8.25. The summed E-state index contributed by atoms with van der Waals surface area (Å²) in [6, 6.07) is 0. The smallest absolute Gasteiger partial charge is 0.341 e. The van der Waals surface area contributed by atoms with E-state index < -0.39 is 34.8 Å². The molecule has 2 spiro atoms. The summed E-state index contributed by atoms with van der Waals surface area (Å²) in [5, 5.41) is 22.0. The molecule has 6 rings (SSSR count). The molecule has 0 unspecified atom stereocenters. The van der Waals surface area contributed by atoms with Crippen molar-refractivity contribution in [2.45, 2.75) is 69.9 Å². The zero-order valence-corrected chi connectivity index (χ0v) is 15.6. The topological polar surface area (TPSA) is 93.1 Å². The Balaban J connectivity index is 1.85. The van der Waals surface area contributed by atoms with Crippen molar-refractivity contribution in [1.29, 1.82) is 0 Å². The lowest BCUT2D eigenvalue weighted by molar-refractivity contribution is -0.341. The molecule has 4 bridgehead atoms. The maximum atomic E-state index is 13.3. The average molecular weight is 362 g/mol. The molecule has 0 radical (unpaired) electrons. The van der Waals surface area contributed by atoms with Gasteiger partial charge in [-0.3, -0.25) is 4.79 Å². The molecule has 0 amide bonds. The fraction of sp³-hybridized carbons (Fsp3) is 0.800. The minimum absolute atomic E-state index is 0.00447. The largest absolute Gasteiger partial charge is 0.511 e. The van der Waals surface area contributed by atoms with Crippen LogP contribution in [-0.2, 0) is 19.1 Å². The maximum absolute atomic E-state index is 13.3. The van der Waals surface area contributed by atoms with Gasteiger partial charge < -0.3 is 19.7 Å². The molecule has 9 atom stereocenters. The molecule has 0 aromatic heterocycles. The molecule has 0 aromatic rings. The van der Waals surface area contributed by atoms with Gasteiger partial charge in [0.05, 0.1) is 17.6 Å². The Morgan fingerprint density at radius 2 is 1.81 bits per heavy atom. The summed E-state index contributed by atoms with van der Waals surface area (Å²) in [4.78, 5) is 26.3. The molecule has 6 heteroatoms. The van der Waals surface area contributed by atoms with Gasteiger partial charge in [-0.1, -0.05) is 20.8 Å². The number of hydrogen-bond donors (Lipinski definition) is 2. The fourth-order valence-electron chi connectivity index (χ4n) is 6.84. The van der Waals surface area contributed by atoms with Crippen LogP contribution in [0.5, 0.6) is 0 Å². The standard InChI is InChI=1S/C20H26O6/c1-8-5-9(2)15(22)13-17(24)25-19-7-10(3)18(4)16(23)12(19)6-11(14(8)21)20(13,19)26-18/h8-12,16,22-23H,5-7H2,1-4H3/t8-,9+,10+,11+,12+,16+,18+,19+,20-/m1/s1. The van der Waals surface area contributed by atoms with Crippen molar-refractivity contribution < 1.29 is 29.3 Å². The summed E-state index contributed by atoms with van der Waals surface area (Å²) in [7, 11) is 0. The number of carbonyl (C=O) groups excluding carboxylic acids is 2. The number of ether oxygens (including phenoxy) is 2. The maximum Gasteiger partial charge on any atom is 0.341 e. The van der Waals surface area contributed by atoms with Crippen LogP contribution in [0.2, 0.25) is 0 Å². The van der Waals surface area contributed by atoms with E-state index in [0.717, 1.165) is 0 Å². The summed E-state index contributed by atoms with van der Waals surface area (Å²) >= 11 is 0. The molecule has 6 nitrogen and oxygen atoms in total. The Bertz CT molecular complexity index is 772. The first-order chi connectivity index (χ1) is 12.1. The van der Waals surface area contributed by atoms with Gasteiger partial charge in [0.25, 0.3) is 0 Å². The van der Waals surface area contributed by atoms with Crippen molar-refractivity contribution in [3.8, 4) is 0 Å². The van der Waals surface area contributed by atoms with E-state index in [9.17, 15) is 19.8 Å². The fourth-order valence-corrected chi connectivity index (χ4v) is 6.84. The van der Waals surface area contributed by atoms with E-state index in [4.69, 9.17) is 9.47 Å². The number of aliphatic hydroxyl groups is 2. The first-order valence-electron chi connectivity index (χ1n) is 9.69. The molecule has 3 saturated heterocycles. The second kappa shape index (κ2) is 4.53. The zero-order valence-electron chi connectivity index (χ0n) is 15.6. The molecule has 2 N–H and O–H groups in total. The van der Waals surface area contributed by atoms with Crippen LogP contribution in [0.1, 0.15) is 47.0 Å². The van der Waals surface area contributed by atoms with Crippen LogP contribution in [0.25, 0.3) is 0 Å². The number of carbonyl (C=O) groups is 2. The highest BCUT2D eigenvalue weighted by Gasteiger charge is 2.86. The van der Waals surface area contributed by atoms with E-state index in [-0.39, 0.29) is 40.8 Å². The minimum atomic E-state index is -1.26. The van der Waals surface area contributed by atoms with Crippen molar-refractivity contribution in [1.82, 2.24) is 0 Å². The Morgan fingerprint density at radius 3 is 2.50 bits per heavy atom. The van der Waals surface area contributed by atoms with Crippen molar-refractivity contribution in [3.05, 3.63) is 11.3 Å². The van der Waals surface area contributed by atoms with E-state index in [1.807, 2.05) is 27.7 Å². The highest BCUT2D eigenvalue weighted by atomic mass is 16.6. The molecule has 3 heterocycles. The van der Waals surface area contributed by atoms with E-state index in [1.165, 1.54) is 0 Å². The zero-order chi connectivity index (χ0) is 18.8. The Kier molecular flexibility index (Phi) is 2.92. The quantitative estimate of drug-likeness (QED) is 0.640. The van der Waals surface area contributed by atoms with Crippen LogP contribution in [0.3, 0.4) is 0 Å². The van der Waals surface area contributed by atoms with Crippen molar-refractivity contribution in [3.63, 3.8) is 0 Å². The van der Waals surface area contributed by atoms with Gasteiger partial charge in [0.2, 0.25) is 0 Å². The van der Waals surface area contributed by atoms with E-state index in [0.29, 0.717) is 19.3 Å². The monoisotopic (exact) mass is 362 g/mol. The Labute approximate surface area is 152 Å². The summed E-state index contributed by atoms with van der Waals surface area (Å²) in [5.41, 5.74) is -3.05. The number of hydrogen-bond acceptors (Lipinski definition) is 6. The Hall–Kier alpha value is -1.40. The molecule has 26 heavy (non-hydrogen) atoms. The summed E-state index contributed by atoms with van der Waals surface area (Å²) in [6.45, 7) is 7.55. The second-order valence-corrected chi connectivity index (χ2v) is 9.45. The van der Waals surface area contributed by atoms with Gasteiger partial charge in [0.15, 0.2) is 11.2 Å². The summed E-state index contributed by atoms with van der Waals surface area (Å²) in [6.07, 6.45) is 0.660. The van der Waals surface area contributed by atoms with Gasteiger partial charge >= 0.3 is 5.97 Å². The molecule has 2 saturated carbocycles. The molecule has 6 aliphatic rings. The van der Waals surface area contributed by atoms with Crippen molar-refractivity contribution in [2.75, 3.05) is 0 Å². The second-order valence-electron chi connectivity index (χ2n) is 9.45. The predicted octanol–water partition coefficient (Wildman–Crippen LogP) is 1.90. The van der Waals surface area contributed by atoms with Crippen LogP contribution in [0.4, 0.5) is 0 Å². The summed E-state index contributed by atoms with van der Waals surface area (Å²) < 4.78 is 12.5. The van der Waals surface area contributed by atoms with Crippen LogP contribution in [-0.4, -0.2) is 44.9 Å². The lowest BCUT2D eigenvalue weighted by Gasteiger charge is -2.63. The van der Waals surface area contributed by atoms with Gasteiger partial charge in [0, 0.05) is 17.8 Å². The number of fused-ring (bicyclic) bond motifs is 1. The number of esters is 1. The lowest BCUT2D eigenvalue weighted by atomic mass is 9.55. The number of rotatable bonds is 0. The first kappa shape index (κ1) is 16.8. The van der Waals surface area contributed by atoms with E-state index in [1.54, 1.807) is 0 Å². The van der Waals surface area contributed by atoms with Gasteiger partial charge in [-0.25, -0.2) is 4.79 Å². The Morgan fingerprint density at radius 1 is 1.12 bits per heavy atom. The highest BCUT2D eigenvalue weighted by Crippen LogP contribution is 2.73. The molecule has 142 valence electrons. The van der Waals surface area contributed by atoms with Gasteiger partial charge in [0.1, 0.15) is 17.1 Å². The van der Waals surface area contributed by atoms with Crippen LogP contribution in [0, 0.1) is 29.6 Å². The highest BCUT2D eigenvalue weighted by molar-refractivity contribution is 5.99. The van der Waals surface area contributed by atoms with Crippen LogP contribution >= 0.6 is 0 Å². The molecular weight excluding hydrogens is 336 g/mol. The minimum Gasteiger partial charge on any atom is -0.511 e. The normalized spacial score (nSPS) is 57.7. The van der Waals surface area contributed by atoms with Crippen molar-refractivity contribution in [2.24, 2.45) is 29.6 Å². The molecule has 5 fully saturated rings. The van der Waals surface area contributed by atoms with E-state index >= 15 is 0 Å². The van der Waals surface area contributed by atoms with Crippen molar-refractivity contribution >= 4 is 11.8 Å². The SMILES string of the molecule is C[C@@H]1C[C@H](C)C(O)=C2C(=O)O[C@]34C[C@H](C)[C@]5(C)O[C@]23[C@@H](C[C@H]4[C@@H]5O)C1=O. The van der Waals surface area contributed by atoms with Crippen LogP contribution in [0.15, 0.2) is 11.3 Å². The third-order valence-electron chi connectivity index (χ3n) is 8.25. The van der Waals surface area contributed by atoms with Crippen LogP contribution < -0.4 is 0 Å². The average Bonchev–Trinajstić information content (AvgIpc) is 2.92.